The lowest BCUT2D eigenvalue weighted by molar-refractivity contribution is -0.384. The van der Waals surface area contributed by atoms with Gasteiger partial charge < -0.3 is 15.3 Å². The largest absolute Gasteiger partial charge is 0.507 e. The summed E-state index contributed by atoms with van der Waals surface area (Å²) < 4.78 is 13.1. The maximum atomic E-state index is 13.1. The van der Waals surface area contributed by atoms with Gasteiger partial charge in [0.05, 0.1) is 11.1 Å². The molecular weight excluding hydrogens is 395 g/mol. The van der Waals surface area contributed by atoms with Gasteiger partial charge in [-0.05, 0) is 30.3 Å². The van der Waals surface area contributed by atoms with Gasteiger partial charge in [0.15, 0.2) is 0 Å². The van der Waals surface area contributed by atoms with Crippen molar-refractivity contribution in [2.45, 2.75) is 0 Å². The minimum Gasteiger partial charge on any atom is -0.507 e. The Kier molecular flexibility index (Phi) is 5.96. The first-order chi connectivity index (χ1) is 14.3. The predicted octanol–water partition coefficient (Wildman–Crippen LogP) is 2.88. The number of nitrogens with zero attached hydrogens (tertiary/aromatic N) is 6. The Morgan fingerprint density at radius 2 is 1.83 bits per heavy atom. The van der Waals surface area contributed by atoms with Crippen LogP contribution in [-0.4, -0.2) is 45.3 Å². The van der Waals surface area contributed by atoms with Crippen molar-refractivity contribution < 1.29 is 14.4 Å². The summed E-state index contributed by atoms with van der Waals surface area (Å²) in [6.07, 6.45) is 1.20. The van der Waals surface area contributed by atoms with E-state index in [4.69, 9.17) is 0 Å². The maximum absolute atomic E-state index is 13.1. The van der Waals surface area contributed by atoms with E-state index in [9.17, 15) is 19.6 Å². The second-order valence-corrected chi connectivity index (χ2v) is 6.18. The van der Waals surface area contributed by atoms with Gasteiger partial charge in [-0.2, -0.15) is 20.1 Å². The highest BCUT2D eigenvalue weighted by molar-refractivity contribution is 5.84. The van der Waals surface area contributed by atoms with Crippen molar-refractivity contribution in [3.63, 3.8) is 0 Å². The smallest absolute Gasteiger partial charge is 0.270 e. The molecule has 0 aliphatic carbocycles. The van der Waals surface area contributed by atoms with Gasteiger partial charge in [0.2, 0.25) is 17.8 Å². The Morgan fingerprint density at radius 1 is 1.13 bits per heavy atom. The number of anilines is 4. The molecule has 154 valence electrons. The molecule has 3 N–H and O–H groups in total. The van der Waals surface area contributed by atoms with Crippen LogP contribution in [0.25, 0.3) is 0 Å². The lowest BCUT2D eigenvalue weighted by atomic mass is 10.2. The van der Waals surface area contributed by atoms with Crippen LogP contribution < -0.4 is 15.6 Å². The Bertz CT molecular complexity index is 1090. The number of phenols is 1. The Balaban J connectivity index is 1.82. The molecule has 0 saturated heterocycles. The van der Waals surface area contributed by atoms with E-state index in [-0.39, 0.29) is 34.7 Å². The first-order valence-electron chi connectivity index (χ1n) is 8.54. The van der Waals surface area contributed by atoms with Crippen molar-refractivity contribution in [3.05, 3.63) is 64.0 Å². The van der Waals surface area contributed by atoms with Gasteiger partial charge in [0.25, 0.3) is 5.69 Å². The van der Waals surface area contributed by atoms with Gasteiger partial charge in [0.1, 0.15) is 11.6 Å². The number of hydrazone groups is 1. The molecule has 0 bridgehead atoms. The summed E-state index contributed by atoms with van der Waals surface area (Å²) in [7, 11) is 3.48. The Hall–Kier alpha value is -4.35. The summed E-state index contributed by atoms with van der Waals surface area (Å²) in [6, 6.07) is 9.23. The van der Waals surface area contributed by atoms with Gasteiger partial charge >= 0.3 is 0 Å². The van der Waals surface area contributed by atoms with Crippen LogP contribution in [0.3, 0.4) is 0 Å². The van der Waals surface area contributed by atoms with E-state index in [1.54, 1.807) is 19.0 Å². The highest BCUT2D eigenvalue weighted by Crippen LogP contribution is 2.21. The van der Waals surface area contributed by atoms with Crippen molar-refractivity contribution in [3.8, 4) is 5.75 Å². The number of hydrogen-bond donors (Lipinski definition) is 3. The van der Waals surface area contributed by atoms with E-state index in [1.165, 1.54) is 48.7 Å². The third-order valence-corrected chi connectivity index (χ3v) is 3.71. The third-order valence-electron chi connectivity index (χ3n) is 3.71. The summed E-state index contributed by atoms with van der Waals surface area (Å²) in [6.45, 7) is 0. The molecule has 0 aliphatic rings. The Morgan fingerprint density at radius 3 is 2.50 bits per heavy atom. The fraction of sp³-hybridized carbons (Fsp3) is 0.111. The summed E-state index contributed by atoms with van der Waals surface area (Å²) in [5.41, 5.74) is 3.13. The number of rotatable bonds is 7. The zero-order valence-electron chi connectivity index (χ0n) is 15.9. The number of phenolic OH excluding ortho intramolecular Hbond substituents is 1. The highest BCUT2D eigenvalue weighted by Gasteiger charge is 2.10. The molecule has 1 heterocycles. The van der Waals surface area contributed by atoms with Crippen LogP contribution >= 0.6 is 0 Å². The summed E-state index contributed by atoms with van der Waals surface area (Å²) in [5, 5.41) is 27.6. The van der Waals surface area contributed by atoms with Crippen LogP contribution in [0.2, 0.25) is 0 Å². The highest BCUT2D eigenvalue weighted by atomic mass is 19.1. The number of nitro benzene ring substituents is 1. The molecule has 12 heteroatoms. The number of nitrogens with one attached hydrogen (secondary N) is 2. The van der Waals surface area contributed by atoms with E-state index in [1.807, 2.05) is 0 Å². The fourth-order valence-corrected chi connectivity index (χ4v) is 2.25. The quantitative estimate of drug-likeness (QED) is 0.303. The van der Waals surface area contributed by atoms with Gasteiger partial charge in [0, 0.05) is 37.5 Å². The normalized spacial score (nSPS) is 10.8. The standard InChI is InChI=1S/C18H17FN8O3/c1-26(2)18-23-16(21-13-5-3-12(19)4-6-13)22-17(24-18)25-20-10-11-9-14(27(29)30)7-8-15(11)28/h3-10,28H,1-2H3,(H2,21,22,23,24,25). The fourth-order valence-electron chi connectivity index (χ4n) is 2.25. The average molecular weight is 412 g/mol. The van der Waals surface area contributed by atoms with E-state index < -0.39 is 4.92 Å². The number of aromatic nitrogens is 3. The molecule has 11 nitrogen and oxygen atoms in total. The number of benzene rings is 2. The second-order valence-electron chi connectivity index (χ2n) is 6.18. The van der Waals surface area contributed by atoms with E-state index >= 15 is 0 Å². The third kappa shape index (κ3) is 5.13. The molecule has 3 aromatic rings. The van der Waals surface area contributed by atoms with Crippen LogP contribution in [0.1, 0.15) is 5.56 Å². The van der Waals surface area contributed by atoms with Gasteiger partial charge in [-0.15, -0.1) is 0 Å². The van der Waals surface area contributed by atoms with Crippen molar-refractivity contribution in [2.75, 3.05) is 29.7 Å². The van der Waals surface area contributed by atoms with Gasteiger partial charge in [-0.25, -0.2) is 9.82 Å². The molecule has 0 saturated carbocycles. The van der Waals surface area contributed by atoms with E-state index in [2.05, 4.69) is 30.8 Å². The topological polar surface area (TPSA) is 142 Å². The number of non-ortho nitro benzene ring substituents is 1. The maximum Gasteiger partial charge on any atom is 0.270 e. The molecule has 0 radical (unpaired) electrons. The van der Waals surface area contributed by atoms with E-state index in [0.29, 0.717) is 11.6 Å². The number of aromatic hydroxyl groups is 1. The molecule has 0 spiro atoms. The minimum absolute atomic E-state index is 0.0829. The number of hydrogen-bond acceptors (Lipinski definition) is 10. The molecule has 0 amide bonds. The molecule has 0 aliphatic heterocycles. The van der Waals surface area contributed by atoms with Crippen LogP contribution in [-0.2, 0) is 0 Å². The molecule has 0 unspecified atom stereocenters. The molecule has 2 aromatic carbocycles. The molecule has 3 rings (SSSR count). The van der Waals surface area contributed by atoms with Crippen molar-refractivity contribution in [1.82, 2.24) is 15.0 Å². The zero-order valence-corrected chi connectivity index (χ0v) is 15.9. The van der Waals surface area contributed by atoms with Crippen molar-refractivity contribution >= 4 is 35.4 Å². The minimum atomic E-state index is -0.576. The number of halogens is 1. The van der Waals surface area contributed by atoms with Crippen molar-refractivity contribution in [2.24, 2.45) is 5.10 Å². The van der Waals surface area contributed by atoms with Crippen LogP contribution in [0.15, 0.2) is 47.6 Å². The molecular formula is C18H17FN8O3. The lowest BCUT2D eigenvalue weighted by Crippen LogP contribution is -2.15. The summed E-state index contributed by atoms with van der Waals surface area (Å²) in [5.74, 6) is 0.0573. The summed E-state index contributed by atoms with van der Waals surface area (Å²) >= 11 is 0. The SMILES string of the molecule is CN(C)c1nc(NN=Cc2cc([N+](=O)[O-])ccc2O)nc(Nc2ccc(F)cc2)n1. The predicted molar refractivity (Wildman–Crippen MR) is 110 cm³/mol. The van der Waals surface area contributed by atoms with Gasteiger partial charge in [-0.1, -0.05) is 0 Å². The Labute approximate surface area is 170 Å². The second kappa shape index (κ2) is 8.77. The monoisotopic (exact) mass is 412 g/mol. The van der Waals surface area contributed by atoms with Crippen LogP contribution in [0, 0.1) is 15.9 Å². The lowest BCUT2D eigenvalue weighted by Gasteiger charge is -2.13. The van der Waals surface area contributed by atoms with Crippen LogP contribution in [0.5, 0.6) is 5.75 Å². The average Bonchev–Trinajstić information content (AvgIpc) is 2.71. The first-order valence-corrected chi connectivity index (χ1v) is 8.54. The number of nitro groups is 1. The first kappa shape index (κ1) is 20.4. The molecule has 30 heavy (non-hydrogen) atoms. The van der Waals surface area contributed by atoms with E-state index in [0.717, 1.165) is 0 Å². The molecule has 0 atom stereocenters. The van der Waals surface area contributed by atoms with Gasteiger partial charge in [-0.3, -0.25) is 10.1 Å². The van der Waals surface area contributed by atoms with Crippen LogP contribution in [0.4, 0.5) is 33.6 Å². The molecule has 0 fully saturated rings. The molecule has 1 aromatic heterocycles. The summed E-state index contributed by atoms with van der Waals surface area (Å²) in [4.78, 5) is 24.6. The van der Waals surface area contributed by atoms with Crippen molar-refractivity contribution in [1.29, 1.82) is 0 Å². The zero-order chi connectivity index (χ0) is 21.7.